The largest absolute Gasteiger partial charge is 0.276 e. The molecule has 2 aromatic rings. The van der Waals surface area contributed by atoms with E-state index in [4.69, 9.17) is 0 Å². The van der Waals surface area contributed by atoms with Crippen molar-refractivity contribution in [1.82, 2.24) is 9.66 Å². The first-order valence-corrected chi connectivity index (χ1v) is 14.2. The van der Waals surface area contributed by atoms with E-state index in [9.17, 15) is 16.8 Å². The topological polar surface area (TPSA) is 117 Å². The number of hydrogen-bond acceptors (Lipinski definition) is 6. The molecule has 0 heterocycles. The molecule has 4 rings (SSSR count). The van der Waals surface area contributed by atoms with Gasteiger partial charge in [0.1, 0.15) is 0 Å². The molecule has 2 fully saturated rings. The molecule has 10 heteroatoms. The van der Waals surface area contributed by atoms with Gasteiger partial charge in [0.05, 0.1) is 9.79 Å². The van der Waals surface area contributed by atoms with Crippen LogP contribution in [0.5, 0.6) is 0 Å². The fraction of sp³-hybridized carbons (Fsp3) is 0.417. The van der Waals surface area contributed by atoms with Crippen LogP contribution in [0.15, 0.2) is 68.5 Å². The number of nitrogens with zero attached hydrogens (tertiary/aromatic N) is 2. The SMILES string of the molecule is Cc1ccc(S(=O)(=O)N/N=C2/CC3C(C/C(=N\NS(=O)(=O)c4ccc(C)cc4)[C@@H]3C)[C@H]2C)cc1. The molecular weight excluding hydrogens is 472 g/mol. The monoisotopic (exact) mass is 502 g/mol. The van der Waals surface area contributed by atoms with Crippen LogP contribution in [0.1, 0.15) is 37.8 Å². The summed E-state index contributed by atoms with van der Waals surface area (Å²) in [5.41, 5.74) is 3.60. The van der Waals surface area contributed by atoms with Crippen molar-refractivity contribution < 1.29 is 16.8 Å². The summed E-state index contributed by atoms with van der Waals surface area (Å²) in [6.07, 6.45) is 1.29. The van der Waals surface area contributed by atoms with Gasteiger partial charge in [0, 0.05) is 11.4 Å². The molecule has 0 aromatic heterocycles. The van der Waals surface area contributed by atoms with Gasteiger partial charge in [-0.15, -0.1) is 0 Å². The molecule has 4 atom stereocenters. The lowest BCUT2D eigenvalue weighted by atomic mass is 9.90. The lowest BCUT2D eigenvalue weighted by Crippen LogP contribution is -2.23. The molecule has 34 heavy (non-hydrogen) atoms. The second-order valence-electron chi connectivity index (χ2n) is 9.34. The van der Waals surface area contributed by atoms with Crippen molar-refractivity contribution in [2.45, 2.75) is 50.3 Å². The maximum absolute atomic E-state index is 12.6. The van der Waals surface area contributed by atoms with Gasteiger partial charge in [-0.05, 0) is 74.6 Å². The highest BCUT2D eigenvalue weighted by atomic mass is 32.2. The summed E-state index contributed by atoms with van der Waals surface area (Å²) < 4.78 is 50.3. The molecule has 0 amide bonds. The van der Waals surface area contributed by atoms with Crippen molar-refractivity contribution >= 4 is 31.5 Å². The Morgan fingerprint density at radius 3 is 1.29 bits per heavy atom. The van der Waals surface area contributed by atoms with Gasteiger partial charge in [-0.1, -0.05) is 49.2 Å². The Morgan fingerprint density at radius 2 is 0.971 bits per heavy atom. The Bertz CT molecular complexity index is 1230. The van der Waals surface area contributed by atoms with Crippen LogP contribution >= 0.6 is 0 Å². The number of nitrogens with one attached hydrogen (secondary N) is 2. The van der Waals surface area contributed by atoms with E-state index < -0.39 is 20.0 Å². The lowest BCUT2D eigenvalue weighted by molar-refractivity contribution is 0.347. The van der Waals surface area contributed by atoms with E-state index in [2.05, 4.69) is 19.9 Å². The van der Waals surface area contributed by atoms with Gasteiger partial charge in [0.15, 0.2) is 0 Å². The normalized spacial score (nSPS) is 27.2. The summed E-state index contributed by atoms with van der Waals surface area (Å²) in [5.74, 6) is 0.602. The molecule has 0 radical (unpaired) electrons. The van der Waals surface area contributed by atoms with Crippen molar-refractivity contribution in [2.24, 2.45) is 33.9 Å². The molecule has 2 aromatic carbocycles. The number of sulfonamides is 2. The number of hydrazone groups is 2. The molecule has 0 saturated heterocycles. The van der Waals surface area contributed by atoms with Crippen LogP contribution in [0.3, 0.4) is 0 Å². The van der Waals surface area contributed by atoms with Crippen molar-refractivity contribution in [1.29, 1.82) is 0 Å². The first-order valence-electron chi connectivity index (χ1n) is 11.3. The highest BCUT2D eigenvalue weighted by Crippen LogP contribution is 2.48. The zero-order chi connectivity index (χ0) is 24.7. The van der Waals surface area contributed by atoms with E-state index in [1.165, 1.54) is 0 Å². The minimum absolute atomic E-state index is 0.0644. The summed E-state index contributed by atoms with van der Waals surface area (Å²) in [5, 5.41) is 8.55. The molecule has 2 saturated carbocycles. The molecule has 0 aliphatic heterocycles. The maximum Gasteiger partial charge on any atom is 0.276 e. The smallest absolute Gasteiger partial charge is 0.200 e. The van der Waals surface area contributed by atoms with E-state index in [1.54, 1.807) is 48.5 Å². The Hall–Kier alpha value is -2.72. The van der Waals surface area contributed by atoms with Crippen LogP contribution in [0.2, 0.25) is 0 Å². The zero-order valence-electron chi connectivity index (χ0n) is 19.7. The number of aryl methyl sites for hydroxylation is 2. The van der Waals surface area contributed by atoms with Crippen LogP contribution in [0, 0.1) is 37.5 Å². The van der Waals surface area contributed by atoms with E-state index in [0.717, 1.165) is 22.6 Å². The Morgan fingerprint density at radius 1 is 0.647 bits per heavy atom. The van der Waals surface area contributed by atoms with Crippen LogP contribution in [-0.4, -0.2) is 28.3 Å². The molecule has 0 spiro atoms. The molecule has 2 N–H and O–H groups in total. The first kappa shape index (κ1) is 24.4. The summed E-state index contributed by atoms with van der Waals surface area (Å²) in [6, 6.07) is 13.3. The Balaban J connectivity index is 1.44. The molecule has 8 nitrogen and oxygen atoms in total. The quantitative estimate of drug-likeness (QED) is 0.587. The standard InChI is InChI=1S/C24H30N4O4S2/c1-15-5-9-19(10-6-15)33(29,30)27-25-23-13-21-18(4)24(14-22(21)17(23)3)26-28-34(31,32)20-11-7-16(2)8-12-20/h5-12,17-18,21-22,27-28H,13-14H2,1-4H3/b25-23-,26-24+/t17-,18-,21?,22?/m1/s1. The number of benzene rings is 2. The van der Waals surface area contributed by atoms with Crippen LogP contribution in [0.4, 0.5) is 0 Å². The van der Waals surface area contributed by atoms with Gasteiger partial charge in [0.2, 0.25) is 0 Å². The molecule has 2 aliphatic rings. The van der Waals surface area contributed by atoms with Gasteiger partial charge in [-0.3, -0.25) is 0 Å². The highest BCUT2D eigenvalue weighted by Gasteiger charge is 2.48. The number of fused-ring (bicyclic) bond motifs is 1. The average molecular weight is 503 g/mol. The minimum atomic E-state index is -3.73. The molecule has 182 valence electrons. The van der Waals surface area contributed by atoms with Gasteiger partial charge in [-0.2, -0.15) is 27.0 Å². The fourth-order valence-electron chi connectivity index (χ4n) is 4.82. The second-order valence-corrected chi connectivity index (χ2v) is 12.7. The van der Waals surface area contributed by atoms with Gasteiger partial charge in [-0.25, -0.2) is 9.66 Å². The second kappa shape index (κ2) is 9.14. The summed E-state index contributed by atoms with van der Waals surface area (Å²) >= 11 is 0. The lowest BCUT2D eigenvalue weighted by Gasteiger charge is -2.13. The minimum Gasteiger partial charge on any atom is -0.200 e. The predicted octanol–water partition coefficient (Wildman–Crippen LogP) is 3.58. The third-order valence-electron chi connectivity index (χ3n) is 7.06. The number of rotatable bonds is 6. The van der Waals surface area contributed by atoms with E-state index in [-0.39, 0.29) is 33.5 Å². The maximum atomic E-state index is 12.6. The summed E-state index contributed by atoms with van der Waals surface area (Å²) in [7, 11) is -7.46. The highest BCUT2D eigenvalue weighted by molar-refractivity contribution is 7.89. The van der Waals surface area contributed by atoms with E-state index >= 15 is 0 Å². The van der Waals surface area contributed by atoms with Gasteiger partial charge < -0.3 is 0 Å². The van der Waals surface area contributed by atoms with Gasteiger partial charge in [0.25, 0.3) is 20.0 Å². The summed E-state index contributed by atoms with van der Waals surface area (Å²) in [4.78, 5) is 5.13. The van der Waals surface area contributed by atoms with Gasteiger partial charge >= 0.3 is 0 Å². The predicted molar refractivity (Wildman–Crippen MR) is 132 cm³/mol. The van der Waals surface area contributed by atoms with Crippen molar-refractivity contribution in [3.63, 3.8) is 0 Å². The van der Waals surface area contributed by atoms with Crippen LogP contribution in [-0.2, 0) is 20.0 Å². The molecule has 2 aliphatic carbocycles. The third kappa shape index (κ3) is 4.88. The zero-order valence-corrected chi connectivity index (χ0v) is 21.3. The van der Waals surface area contributed by atoms with Crippen LogP contribution in [0.25, 0.3) is 0 Å². The van der Waals surface area contributed by atoms with E-state index in [0.29, 0.717) is 12.8 Å². The van der Waals surface area contributed by atoms with E-state index in [1.807, 2.05) is 27.7 Å². The Labute approximate surface area is 201 Å². The van der Waals surface area contributed by atoms with Crippen molar-refractivity contribution in [3.8, 4) is 0 Å². The van der Waals surface area contributed by atoms with Crippen molar-refractivity contribution in [2.75, 3.05) is 0 Å². The average Bonchev–Trinajstić information content (AvgIpc) is 3.27. The first-order chi connectivity index (χ1) is 16.0. The number of hydrogen-bond donors (Lipinski definition) is 2. The van der Waals surface area contributed by atoms with Crippen molar-refractivity contribution in [3.05, 3.63) is 59.7 Å². The molecule has 2 unspecified atom stereocenters. The summed E-state index contributed by atoms with van der Waals surface area (Å²) in [6.45, 7) is 7.87. The third-order valence-corrected chi connectivity index (χ3v) is 9.51. The molecular formula is C24H30N4O4S2. The van der Waals surface area contributed by atoms with Crippen LogP contribution < -0.4 is 9.66 Å². The fourth-order valence-corrected chi connectivity index (χ4v) is 6.49. The molecule has 0 bridgehead atoms. The Kier molecular flexibility index (Phi) is 6.56.